The van der Waals surface area contributed by atoms with E-state index in [0.717, 1.165) is 13.0 Å². The Hall–Kier alpha value is -0.570. The molecule has 1 aliphatic heterocycles. The van der Waals surface area contributed by atoms with Gasteiger partial charge in [-0.05, 0) is 44.6 Å². The second kappa shape index (κ2) is 4.12. The van der Waals surface area contributed by atoms with Crippen molar-refractivity contribution in [2.24, 2.45) is 23.5 Å². The van der Waals surface area contributed by atoms with Gasteiger partial charge in [-0.25, -0.2) is 0 Å². The smallest absolute Gasteiger partial charge is 0.225 e. The van der Waals surface area contributed by atoms with Gasteiger partial charge in [0.1, 0.15) is 0 Å². The van der Waals surface area contributed by atoms with E-state index in [4.69, 9.17) is 5.73 Å². The Labute approximate surface area is 92.0 Å². The molecule has 2 rings (SSSR count). The molecule has 0 bridgehead atoms. The summed E-state index contributed by atoms with van der Waals surface area (Å²) < 4.78 is 0. The number of amides is 1. The molecule has 1 amide bonds. The standard InChI is InChI=1S/C12H22N2O/c1-8-5-10(6-13)7-14(8)12(15)9(2)11-3-4-11/h8-11H,3-7,13H2,1-2H3. The fraction of sp³-hybridized carbons (Fsp3) is 0.917. The second-order valence-electron chi connectivity index (χ2n) is 5.30. The van der Waals surface area contributed by atoms with Crippen LogP contribution in [0.15, 0.2) is 0 Å². The summed E-state index contributed by atoms with van der Waals surface area (Å²) in [6, 6.07) is 0.396. The zero-order chi connectivity index (χ0) is 11.0. The van der Waals surface area contributed by atoms with E-state index in [1.807, 2.05) is 0 Å². The van der Waals surface area contributed by atoms with E-state index in [1.54, 1.807) is 0 Å². The second-order valence-corrected chi connectivity index (χ2v) is 5.30. The third kappa shape index (κ3) is 2.17. The van der Waals surface area contributed by atoms with Crippen LogP contribution in [-0.2, 0) is 4.79 Å². The molecule has 2 aliphatic rings. The minimum Gasteiger partial charge on any atom is -0.339 e. The maximum atomic E-state index is 12.2. The number of rotatable bonds is 3. The summed E-state index contributed by atoms with van der Waals surface area (Å²) in [7, 11) is 0. The zero-order valence-electron chi connectivity index (χ0n) is 9.78. The van der Waals surface area contributed by atoms with Gasteiger partial charge in [-0.2, -0.15) is 0 Å². The van der Waals surface area contributed by atoms with Crippen LogP contribution < -0.4 is 5.73 Å². The fourth-order valence-corrected chi connectivity index (χ4v) is 2.68. The molecule has 1 saturated carbocycles. The van der Waals surface area contributed by atoms with Crippen molar-refractivity contribution >= 4 is 5.91 Å². The van der Waals surface area contributed by atoms with Crippen molar-refractivity contribution < 1.29 is 4.79 Å². The molecule has 3 atom stereocenters. The predicted octanol–water partition coefficient (Wildman–Crippen LogP) is 1.23. The molecule has 0 spiro atoms. The first kappa shape index (κ1) is 10.9. The van der Waals surface area contributed by atoms with Crippen LogP contribution in [0, 0.1) is 17.8 Å². The van der Waals surface area contributed by atoms with Crippen LogP contribution in [-0.4, -0.2) is 29.9 Å². The summed E-state index contributed by atoms with van der Waals surface area (Å²) in [5, 5.41) is 0. The van der Waals surface area contributed by atoms with E-state index >= 15 is 0 Å². The van der Waals surface area contributed by atoms with Crippen molar-refractivity contribution in [1.82, 2.24) is 4.90 Å². The van der Waals surface area contributed by atoms with Gasteiger partial charge in [-0.1, -0.05) is 6.92 Å². The number of likely N-dealkylation sites (tertiary alicyclic amines) is 1. The van der Waals surface area contributed by atoms with Gasteiger partial charge in [0.25, 0.3) is 0 Å². The number of carbonyl (C=O) groups is 1. The van der Waals surface area contributed by atoms with Gasteiger partial charge >= 0.3 is 0 Å². The van der Waals surface area contributed by atoms with Gasteiger partial charge in [0.15, 0.2) is 0 Å². The van der Waals surface area contributed by atoms with Crippen LogP contribution in [0.5, 0.6) is 0 Å². The highest BCUT2D eigenvalue weighted by molar-refractivity contribution is 5.79. The van der Waals surface area contributed by atoms with Gasteiger partial charge < -0.3 is 10.6 Å². The maximum absolute atomic E-state index is 12.2. The van der Waals surface area contributed by atoms with Crippen LogP contribution in [0.25, 0.3) is 0 Å². The number of hydrogen-bond donors (Lipinski definition) is 1. The molecule has 1 heterocycles. The number of nitrogens with two attached hydrogens (primary N) is 1. The number of carbonyl (C=O) groups excluding carboxylic acids is 1. The Morgan fingerprint density at radius 3 is 2.67 bits per heavy atom. The third-order valence-electron chi connectivity index (χ3n) is 4.00. The molecule has 0 aromatic rings. The highest BCUT2D eigenvalue weighted by Crippen LogP contribution is 2.38. The minimum atomic E-state index is 0.240. The molecule has 1 saturated heterocycles. The molecule has 3 unspecified atom stereocenters. The molecular weight excluding hydrogens is 188 g/mol. The van der Waals surface area contributed by atoms with Gasteiger partial charge in [0.2, 0.25) is 5.91 Å². The van der Waals surface area contributed by atoms with Crippen molar-refractivity contribution in [3.63, 3.8) is 0 Å². The Bertz CT molecular complexity index is 250. The lowest BCUT2D eigenvalue weighted by Gasteiger charge is -2.25. The predicted molar refractivity (Wildman–Crippen MR) is 60.2 cm³/mol. The SMILES string of the molecule is CC(C(=O)N1CC(CN)CC1C)C1CC1. The molecule has 2 N–H and O–H groups in total. The Morgan fingerprint density at radius 1 is 1.53 bits per heavy atom. The van der Waals surface area contributed by atoms with Crippen molar-refractivity contribution in [3.8, 4) is 0 Å². The third-order valence-corrected chi connectivity index (χ3v) is 4.00. The molecule has 3 nitrogen and oxygen atoms in total. The monoisotopic (exact) mass is 210 g/mol. The van der Waals surface area contributed by atoms with Crippen LogP contribution in [0.2, 0.25) is 0 Å². The number of hydrogen-bond acceptors (Lipinski definition) is 2. The van der Waals surface area contributed by atoms with E-state index in [9.17, 15) is 4.79 Å². The van der Waals surface area contributed by atoms with Gasteiger partial charge in [-0.3, -0.25) is 4.79 Å². The van der Waals surface area contributed by atoms with E-state index in [-0.39, 0.29) is 5.92 Å². The van der Waals surface area contributed by atoms with Crippen molar-refractivity contribution in [2.75, 3.05) is 13.1 Å². The summed E-state index contributed by atoms with van der Waals surface area (Å²) >= 11 is 0. The van der Waals surface area contributed by atoms with Crippen molar-refractivity contribution in [2.45, 2.75) is 39.2 Å². The van der Waals surface area contributed by atoms with Gasteiger partial charge in [-0.15, -0.1) is 0 Å². The minimum absolute atomic E-state index is 0.240. The normalized spacial score (nSPS) is 33.1. The molecular formula is C12H22N2O. The van der Waals surface area contributed by atoms with Crippen LogP contribution in [0.4, 0.5) is 0 Å². The number of nitrogens with zero attached hydrogens (tertiary/aromatic N) is 1. The van der Waals surface area contributed by atoms with Crippen molar-refractivity contribution in [1.29, 1.82) is 0 Å². The quantitative estimate of drug-likeness (QED) is 0.761. The van der Waals surface area contributed by atoms with Crippen LogP contribution >= 0.6 is 0 Å². The van der Waals surface area contributed by atoms with Gasteiger partial charge in [0.05, 0.1) is 0 Å². The zero-order valence-corrected chi connectivity index (χ0v) is 9.78. The molecule has 86 valence electrons. The van der Waals surface area contributed by atoms with Crippen LogP contribution in [0.3, 0.4) is 0 Å². The van der Waals surface area contributed by atoms with E-state index in [0.29, 0.717) is 30.3 Å². The highest BCUT2D eigenvalue weighted by Gasteiger charge is 2.39. The highest BCUT2D eigenvalue weighted by atomic mass is 16.2. The fourth-order valence-electron chi connectivity index (χ4n) is 2.68. The lowest BCUT2D eigenvalue weighted by atomic mass is 10.0. The first-order chi connectivity index (χ1) is 7.13. The topological polar surface area (TPSA) is 46.3 Å². The molecule has 0 aromatic carbocycles. The summed E-state index contributed by atoms with van der Waals surface area (Å²) in [5.41, 5.74) is 5.67. The molecule has 1 aliphatic carbocycles. The first-order valence-electron chi connectivity index (χ1n) is 6.14. The average molecular weight is 210 g/mol. The van der Waals surface area contributed by atoms with Crippen molar-refractivity contribution in [3.05, 3.63) is 0 Å². The van der Waals surface area contributed by atoms with Crippen LogP contribution in [0.1, 0.15) is 33.1 Å². The largest absolute Gasteiger partial charge is 0.339 e. The lowest BCUT2D eigenvalue weighted by molar-refractivity contribution is -0.136. The Morgan fingerprint density at radius 2 is 2.20 bits per heavy atom. The lowest BCUT2D eigenvalue weighted by Crippen LogP contribution is -2.38. The Balaban J connectivity index is 1.94. The summed E-state index contributed by atoms with van der Waals surface area (Å²) in [6.07, 6.45) is 3.57. The molecule has 0 radical (unpaired) electrons. The average Bonchev–Trinajstić information content (AvgIpc) is 3.00. The summed E-state index contributed by atoms with van der Waals surface area (Å²) in [6.45, 7) is 5.83. The summed E-state index contributed by atoms with van der Waals surface area (Å²) in [5.74, 6) is 1.79. The van der Waals surface area contributed by atoms with E-state index in [2.05, 4.69) is 18.7 Å². The summed E-state index contributed by atoms with van der Waals surface area (Å²) in [4.78, 5) is 14.2. The van der Waals surface area contributed by atoms with Gasteiger partial charge in [0, 0.05) is 18.5 Å². The first-order valence-corrected chi connectivity index (χ1v) is 6.14. The van der Waals surface area contributed by atoms with E-state index < -0.39 is 0 Å². The molecule has 15 heavy (non-hydrogen) atoms. The van der Waals surface area contributed by atoms with E-state index in [1.165, 1.54) is 12.8 Å². The maximum Gasteiger partial charge on any atom is 0.225 e. The molecule has 3 heteroatoms. The molecule has 2 fully saturated rings. The molecule has 0 aromatic heterocycles. The Kier molecular flexibility index (Phi) is 3.01.